The molecule has 1 aliphatic heterocycles. The van der Waals surface area contributed by atoms with E-state index in [-0.39, 0.29) is 18.7 Å². The Kier molecular flexibility index (Phi) is 8.13. The van der Waals surface area contributed by atoms with Gasteiger partial charge in [0.25, 0.3) is 0 Å². The summed E-state index contributed by atoms with van der Waals surface area (Å²) < 4.78 is 59.7. The highest BCUT2D eigenvalue weighted by molar-refractivity contribution is 5.73. The minimum absolute atomic E-state index is 0.0584. The number of halogens is 4. The van der Waals surface area contributed by atoms with E-state index < -0.39 is 35.8 Å². The molecule has 1 saturated heterocycles. The van der Waals surface area contributed by atoms with Gasteiger partial charge in [0.05, 0.1) is 18.8 Å². The standard InChI is InChI=1S/C22H31F4NO3/c1-21(2,3)16-13-19(30-11-7-5-9-23)15(12-17(16)22(24,25)26)14-27-10-6-4-8-18(27)20(28)29/h12-13,18H,4-11,14H2,1-3H3,(H,28,29)/t18-/m0/s1. The van der Waals surface area contributed by atoms with Crippen molar-refractivity contribution in [2.45, 2.75) is 77.1 Å². The van der Waals surface area contributed by atoms with Crippen LogP contribution in [0.25, 0.3) is 0 Å². The fourth-order valence-electron chi connectivity index (χ4n) is 3.80. The molecule has 0 spiro atoms. The molecule has 1 N–H and O–H groups in total. The van der Waals surface area contributed by atoms with E-state index in [1.54, 1.807) is 25.7 Å². The van der Waals surface area contributed by atoms with Crippen molar-refractivity contribution in [3.8, 4) is 5.75 Å². The van der Waals surface area contributed by atoms with E-state index >= 15 is 0 Å². The quantitative estimate of drug-likeness (QED) is 0.430. The Hall–Kier alpha value is -1.83. The molecule has 1 fully saturated rings. The van der Waals surface area contributed by atoms with Crippen LogP contribution in [0.5, 0.6) is 5.75 Å². The summed E-state index contributed by atoms with van der Waals surface area (Å²) in [5.41, 5.74) is -1.07. The molecule has 0 bridgehead atoms. The molecule has 0 saturated carbocycles. The van der Waals surface area contributed by atoms with E-state index in [2.05, 4.69) is 0 Å². The van der Waals surface area contributed by atoms with Gasteiger partial charge in [-0.3, -0.25) is 14.1 Å². The molecule has 0 amide bonds. The van der Waals surface area contributed by atoms with Crippen LogP contribution in [0.15, 0.2) is 12.1 Å². The lowest BCUT2D eigenvalue weighted by atomic mass is 9.82. The summed E-state index contributed by atoms with van der Waals surface area (Å²) in [6, 6.07) is 1.79. The normalized spacial score (nSPS) is 18.4. The minimum Gasteiger partial charge on any atom is -0.493 e. The maximum absolute atomic E-state index is 13.8. The zero-order chi connectivity index (χ0) is 22.5. The Morgan fingerprint density at radius 1 is 1.17 bits per heavy atom. The summed E-state index contributed by atoms with van der Waals surface area (Å²) in [6.07, 6.45) is -1.75. The van der Waals surface area contributed by atoms with E-state index in [0.29, 0.717) is 37.1 Å². The predicted molar refractivity (Wildman–Crippen MR) is 107 cm³/mol. The van der Waals surface area contributed by atoms with Crippen LogP contribution in [-0.2, 0) is 22.9 Å². The van der Waals surface area contributed by atoms with Crippen molar-refractivity contribution < 1.29 is 32.2 Å². The van der Waals surface area contributed by atoms with E-state index in [4.69, 9.17) is 4.74 Å². The molecular weight excluding hydrogens is 402 g/mol. The van der Waals surface area contributed by atoms with Gasteiger partial charge in [-0.25, -0.2) is 0 Å². The molecule has 30 heavy (non-hydrogen) atoms. The Morgan fingerprint density at radius 2 is 1.87 bits per heavy atom. The monoisotopic (exact) mass is 433 g/mol. The topological polar surface area (TPSA) is 49.8 Å². The fraction of sp³-hybridized carbons (Fsp3) is 0.682. The first-order valence-electron chi connectivity index (χ1n) is 10.4. The first-order valence-corrected chi connectivity index (χ1v) is 10.4. The number of carboxylic acids is 1. The van der Waals surface area contributed by atoms with Crippen molar-refractivity contribution >= 4 is 5.97 Å². The maximum atomic E-state index is 13.8. The molecule has 1 atom stereocenters. The molecule has 1 aromatic carbocycles. The summed E-state index contributed by atoms with van der Waals surface area (Å²) >= 11 is 0. The highest BCUT2D eigenvalue weighted by Gasteiger charge is 2.38. The Labute approximate surface area is 175 Å². The van der Waals surface area contributed by atoms with Crippen LogP contribution in [0.2, 0.25) is 0 Å². The molecule has 1 aliphatic rings. The van der Waals surface area contributed by atoms with Gasteiger partial charge in [0.1, 0.15) is 11.8 Å². The average molecular weight is 433 g/mol. The summed E-state index contributed by atoms with van der Waals surface area (Å²) in [5, 5.41) is 9.50. The third-order valence-corrected chi connectivity index (χ3v) is 5.37. The summed E-state index contributed by atoms with van der Waals surface area (Å²) in [6.45, 7) is 5.38. The molecule has 8 heteroatoms. The van der Waals surface area contributed by atoms with E-state index in [0.717, 1.165) is 18.9 Å². The number of alkyl halides is 4. The van der Waals surface area contributed by atoms with E-state index in [9.17, 15) is 27.5 Å². The molecule has 4 nitrogen and oxygen atoms in total. The number of ether oxygens (including phenoxy) is 1. The summed E-state index contributed by atoms with van der Waals surface area (Å²) in [4.78, 5) is 13.3. The minimum atomic E-state index is -4.54. The van der Waals surface area contributed by atoms with Crippen LogP contribution < -0.4 is 4.74 Å². The Bertz CT molecular complexity index is 728. The highest BCUT2D eigenvalue weighted by Crippen LogP contribution is 2.41. The predicted octanol–water partition coefficient (Wildman–Crippen LogP) is 5.57. The number of carbonyl (C=O) groups is 1. The zero-order valence-corrected chi connectivity index (χ0v) is 17.8. The van der Waals surface area contributed by atoms with Crippen molar-refractivity contribution in [1.82, 2.24) is 4.90 Å². The van der Waals surface area contributed by atoms with Crippen molar-refractivity contribution in [3.63, 3.8) is 0 Å². The van der Waals surface area contributed by atoms with Gasteiger partial charge in [0.15, 0.2) is 0 Å². The number of piperidine rings is 1. The lowest BCUT2D eigenvalue weighted by Crippen LogP contribution is -2.44. The Balaban J connectivity index is 2.47. The second-order valence-electron chi connectivity index (χ2n) is 8.82. The third-order valence-electron chi connectivity index (χ3n) is 5.37. The molecule has 1 heterocycles. The van der Waals surface area contributed by atoms with Gasteiger partial charge in [-0.05, 0) is 55.3 Å². The second-order valence-corrected chi connectivity index (χ2v) is 8.82. The first kappa shape index (κ1) is 24.4. The fourth-order valence-corrected chi connectivity index (χ4v) is 3.80. The van der Waals surface area contributed by atoms with Crippen LogP contribution in [0, 0.1) is 0 Å². The van der Waals surface area contributed by atoms with E-state index in [1.807, 2.05) is 0 Å². The number of unbranched alkanes of at least 4 members (excludes halogenated alkanes) is 1. The van der Waals surface area contributed by atoms with Gasteiger partial charge in [0.2, 0.25) is 0 Å². The van der Waals surface area contributed by atoms with Gasteiger partial charge in [-0.1, -0.05) is 27.2 Å². The third kappa shape index (κ3) is 6.33. The lowest BCUT2D eigenvalue weighted by molar-refractivity contribution is -0.145. The molecule has 0 radical (unpaired) electrons. The lowest BCUT2D eigenvalue weighted by Gasteiger charge is -2.34. The van der Waals surface area contributed by atoms with Gasteiger partial charge in [-0.2, -0.15) is 13.2 Å². The highest BCUT2D eigenvalue weighted by atomic mass is 19.4. The molecule has 2 rings (SSSR count). The largest absolute Gasteiger partial charge is 0.493 e. The summed E-state index contributed by atoms with van der Waals surface area (Å²) in [7, 11) is 0. The van der Waals surface area contributed by atoms with Gasteiger partial charge >= 0.3 is 12.1 Å². The molecule has 0 aromatic heterocycles. The second kappa shape index (κ2) is 9.98. The molecule has 1 aromatic rings. The number of likely N-dealkylation sites (tertiary alicyclic amines) is 1. The Morgan fingerprint density at radius 3 is 2.43 bits per heavy atom. The van der Waals surface area contributed by atoms with Gasteiger partial charge in [-0.15, -0.1) is 0 Å². The van der Waals surface area contributed by atoms with E-state index in [1.165, 1.54) is 6.07 Å². The smallest absolute Gasteiger partial charge is 0.416 e. The number of hydrogen-bond acceptors (Lipinski definition) is 3. The number of aliphatic carboxylic acids is 1. The van der Waals surface area contributed by atoms with Crippen LogP contribution >= 0.6 is 0 Å². The van der Waals surface area contributed by atoms with Gasteiger partial charge < -0.3 is 9.84 Å². The number of hydrogen-bond donors (Lipinski definition) is 1. The SMILES string of the molecule is CC(C)(C)c1cc(OCCCCF)c(CN2CCCC[C@H]2C(=O)O)cc1C(F)(F)F. The molecular formula is C22H31F4NO3. The number of nitrogens with zero attached hydrogens (tertiary/aromatic N) is 1. The number of carboxylic acid groups (broad SMARTS) is 1. The van der Waals surface area contributed by atoms with Crippen molar-refractivity contribution in [2.24, 2.45) is 0 Å². The molecule has 170 valence electrons. The molecule has 0 aliphatic carbocycles. The summed E-state index contributed by atoms with van der Waals surface area (Å²) in [5.74, 6) is -0.663. The van der Waals surface area contributed by atoms with Crippen LogP contribution in [0.4, 0.5) is 17.6 Å². The van der Waals surface area contributed by atoms with Gasteiger partial charge in [0, 0.05) is 12.1 Å². The number of rotatable bonds is 8. The average Bonchev–Trinajstić information content (AvgIpc) is 2.64. The molecule has 0 unspecified atom stereocenters. The van der Waals surface area contributed by atoms with Crippen molar-refractivity contribution in [2.75, 3.05) is 19.8 Å². The van der Waals surface area contributed by atoms with Crippen LogP contribution in [-0.4, -0.2) is 41.8 Å². The maximum Gasteiger partial charge on any atom is 0.416 e. The number of benzene rings is 1. The van der Waals surface area contributed by atoms with Crippen LogP contribution in [0.3, 0.4) is 0 Å². The zero-order valence-electron chi connectivity index (χ0n) is 17.8. The van der Waals surface area contributed by atoms with Crippen molar-refractivity contribution in [1.29, 1.82) is 0 Å². The van der Waals surface area contributed by atoms with Crippen molar-refractivity contribution in [3.05, 3.63) is 28.8 Å². The first-order chi connectivity index (χ1) is 13.9. The van der Waals surface area contributed by atoms with Crippen LogP contribution in [0.1, 0.15) is 69.6 Å².